The van der Waals surface area contributed by atoms with Gasteiger partial charge in [-0.3, -0.25) is 0 Å². The maximum absolute atomic E-state index is 12.4. The van der Waals surface area contributed by atoms with Crippen molar-refractivity contribution in [1.82, 2.24) is 10.0 Å². The van der Waals surface area contributed by atoms with Gasteiger partial charge in [0.05, 0.1) is 11.5 Å². The average Bonchev–Trinajstić information content (AvgIpc) is 2.95. The Morgan fingerprint density at radius 1 is 1.48 bits per heavy atom. The zero-order chi connectivity index (χ0) is 15.5. The summed E-state index contributed by atoms with van der Waals surface area (Å²) in [6, 6.07) is 4.65. The highest BCUT2D eigenvalue weighted by molar-refractivity contribution is 7.89. The maximum atomic E-state index is 12.4. The van der Waals surface area contributed by atoms with Crippen molar-refractivity contribution in [2.45, 2.75) is 30.8 Å². The Balaban J connectivity index is 2.13. The lowest BCUT2D eigenvalue weighted by molar-refractivity contribution is 0.180. The van der Waals surface area contributed by atoms with Crippen LogP contribution < -0.4 is 10.0 Å². The lowest BCUT2D eigenvalue weighted by Gasteiger charge is -2.19. The molecule has 0 spiro atoms. The second-order valence-corrected chi connectivity index (χ2v) is 7.44. The van der Waals surface area contributed by atoms with Crippen LogP contribution in [0.2, 0.25) is 5.02 Å². The van der Waals surface area contributed by atoms with Crippen molar-refractivity contribution in [3.63, 3.8) is 0 Å². The van der Waals surface area contributed by atoms with Gasteiger partial charge in [-0.05, 0) is 38.1 Å². The smallest absolute Gasteiger partial charge is 0.240 e. The van der Waals surface area contributed by atoms with E-state index in [4.69, 9.17) is 16.3 Å². The standard InChI is InChI=1S/C14H21ClN2O3S/c1-10(12-5-6-20-9-12)17-21(18,19)13-4-3-11(8-16-2)14(15)7-13/h3-4,7,10,12,16-17H,5-6,8-9H2,1-2H3. The monoisotopic (exact) mass is 332 g/mol. The van der Waals surface area contributed by atoms with E-state index >= 15 is 0 Å². The first-order chi connectivity index (χ1) is 9.94. The molecule has 118 valence electrons. The predicted molar refractivity (Wildman–Crippen MR) is 82.9 cm³/mol. The van der Waals surface area contributed by atoms with E-state index in [0.29, 0.717) is 24.8 Å². The number of ether oxygens (including phenoxy) is 1. The van der Waals surface area contributed by atoms with Gasteiger partial charge in [-0.2, -0.15) is 0 Å². The fourth-order valence-electron chi connectivity index (χ4n) is 2.39. The summed E-state index contributed by atoms with van der Waals surface area (Å²) in [4.78, 5) is 0.193. The van der Waals surface area contributed by atoms with Crippen molar-refractivity contribution in [2.75, 3.05) is 20.3 Å². The molecule has 1 aliphatic heterocycles. The topological polar surface area (TPSA) is 67.4 Å². The third-order valence-electron chi connectivity index (χ3n) is 3.72. The third kappa shape index (κ3) is 4.17. The summed E-state index contributed by atoms with van der Waals surface area (Å²) in [6.07, 6.45) is 0.881. The third-order valence-corrected chi connectivity index (χ3v) is 5.62. The second-order valence-electron chi connectivity index (χ2n) is 5.32. The Morgan fingerprint density at radius 3 is 2.81 bits per heavy atom. The maximum Gasteiger partial charge on any atom is 0.240 e. The van der Waals surface area contributed by atoms with Crippen LogP contribution in [0.4, 0.5) is 0 Å². The quantitative estimate of drug-likeness (QED) is 0.833. The normalized spacial score (nSPS) is 20.6. The Kier molecular flexibility index (Phi) is 5.62. The van der Waals surface area contributed by atoms with Crippen molar-refractivity contribution in [3.8, 4) is 0 Å². The first-order valence-corrected chi connectivity index (χ1v) is 8.83. The van der Waals surface area contributed by atoms with Gasteiger partial charge in [-0.1, -0.05) is 17.7 Å². The largest absolute Gasteiger partial charge is 0.381 e. The first-order valence-electron chi connectivity index (χ1n) is 6.97. The molecule has 1 aliphatic rings. The molecule has 21 heavy (non-hydrogen) atoms. The molecule has 1 aromatic carbocycles. The van der Waals surface area contributed by atoms with Gasteiger partial charge < -0.3 is 10.1 Å². The number of benzene rings is 1. The van der Waals surface area contributed by atoms with Crippen molar-refractivity contribution < 1.29 is 13.2 Å². The van der Waals surface area contributed by atoms with Crippen molar-refractivity contribution in [3.05, 3.63) is 28.8 Å². The van der Waals surface area contributed by atoms with E-state index in [1.165, 1.54) is 6.07 Å². The predicted octanol–water partition coefficient (Wildman–Crippen LogP) is 1.76. The van der Waals surface area contributed by atoms with Crippen LogP contribution in [0.5, 0.6) is 0 Å². The summed E-state index contributed by atoms with van der Waals surface area (Å²) in [5, 5.41) is 3.44. The molecule has 0 amide bonds. The molecule has 0 radical (unpaired) electrons. The van der Waals surface area contributed by atoms with E-state index in [9.17, 15) is 8.42 Å². The van der Waals surface area contributed by atoms with Crippen LogP contribution in [0.25, 0.3) is 0 Å². The molecule has 2 N–H and O–H groups in total. The molecule has 0 aliphatic carbocycles. The van der Waals surface area contributed by atoms with Gasteiger partial charge in [-0.15, -0.1) is 0 Å². The van der Waals surface area contributed by atoms with Gasteiger partial charge >= 0.3 is 0 Å². The SMILES string of the molecule is CNCc1ccc(S(=O)(=O)NC(C)C2CCOC2)cc1Cl. The Morgan fingerprint density at radius 2 is 2.24 bits per heavy atom. The molecule has 1 fully saturated rings. The lowest BCUT2D eigenvalue weighted by atomic mass is 10.0. The van der Waals surface area contributed by atoms with E-state index in [1.54, 1.807) is 12.1 Å². The van der Waals surface area contributed by atoms with Crippen LogP contribution in [0.1, 0.15) is 18.9 Å². The van der Waals surface area contributed by atoms with Crippen molar-refractivity contribution in [2.24, 2.45) is 5.92 Å². The molecule has 0 bridgehead atoms. The van der Waals surface area contributed by atoms with Gasteiger partial charge in [0.2, 0.25) is 10.0 Å². The minimum atomic E-state index is -3.56. The van der Waals surface area contributed by atoms with E-state index < -0.39 is 10.0 Å². The molecule has 1 aromatic rings. The Bertz CT molecular complexity index is 586. The molecule has 7 heteroatoms. The Hall–Kier alpha value is -0.660. The van der Waals surface area contributed by atoms with Gasteiger partial charge in [0, 0.05) is 30.1 Å². The Labute approximate surface area is 131 Å². The molecule has 2 rings (SSSR count). The van der Waals surface area contributed by atoms with Crippen molar-refractivity contribution >= 4 is 21.6 Å². The fraction of sp³-hybridized carbons (Fsp3) is 0.571. The summed E-state index contributed by atoms with van der Waals surface area (Å²) in [5.74, 6) is 0.221. The van der Waals surface area contributed by atoms with Crippen LogP contribution in [-0.4, -0.2) is 34.7 Å². The molecular weight excluding hydrogens is 312 g/mol. The lowest BCUT2D eigenvalue weighted by Crippen LogP contribution is -2.38. The molecule has 1 heterocycles. The van der Waals surface area contributed by atoms with Crippen LogP contribution in [0.15, 0.2) is 23.1 Å². The number of rotatable bonds is 6. The van der Waals surface area contributed by atoms with Crippen molar-refractivity contribution in [1.29, 1.82) is 0 Å². The highest BCUT2D eigenvalue weighted by Gasteiger charge is 2.27. The number of hydrogen-bond donors (Lipinski definition) is 2. The van der Waals surface area contributed by atoms with Gasteiger partial charge in [0.15, 0.2) is 0 Å². The number of halogens is 1. The number of hydrogen-bond acceptors (Lipinski definition) is 4. The number of nitrogens with one attached hydrogen (secondary N) is 2. The molecular formula is C14H21ClN2O3S. The molecule has 0 saturated carbocycles. The highest BCUT2D eigenvalue weighted by Crippen LogP contribution is 2.23. The van der Waals surface area contributed by atoms with Crippen LogP contribution in [0.3, 0.4) is 0 Å². The van der Waals surface area contributed by atoms with E-state index in [1.807, 2.05) is 14.0 Å². The van der Waals surface area contributed by atoms with Gasteiger partial charge in [-0.25, -0.2) is 13.1 Å². The molecule has 2 atom stereocenters. The zero-order valence-corrected chi connectivity index (χ0v) is 13.8. The summed E-state index contributed by atoms with van der Waals surface area (Å²) < 4.78 is 32.8. The molecule has 1 saturated heterocycles. The first kappa shape index (κ1) is 16.7. The minimum Gasteiger partial charge on any atom is -0.381 e. The van der Waals surface area contributed by atoms with E-state index in [-0.39, 0.29) is 16.9 Å². The number of sulfonamides is 1. The average molecular weight is 333 g/mol. The zero-order valence-electron chi connectivity index (χ0n) is 12.2. The van der Waals surface area contributed by atoms with Gasteiger partial charge in [0.25, 0.3) is 0 Å². The second kappa shape index (κ2) is 7.07. The van der Waals surface area contributed by atoms with Crippen LogP contribution in [-0.2, 0) is 21.3 Å². The summed E-state index contributed by atoms with van der Waals surface area (Å²) >= 11 is 6.13. The molecule has 0 aromatic heterocycles. The van der Waals surface area contributed by atoms with E-state index in [2.05, 4.69) is 10.0 Å². The molecule has 2 unspecified atom stereocenters. The van der Waals surface area contributed by atoms with Gasteiger partial charge in [0.1, 0.15) is 0 Å². The summed E-state index contributed by atoms with van der Waals surface area (Å²) in [7, 11) is -1.75. The summed E-state index contributed by atoms with van der Waals surface area (Å²) in [6.45, 7) is 3.77. The van der Waals surface area contributed by atoms with Crippen LogP contribution >= 0.6 is 11.6 Å². The highest BCUT2D eigenvalue weighted by atomic mass is 35.5. The summed E-state index contributed by atoms with van der Waals surface area (Å²) in [5.41, 5.74) is 0.871. The van der Waals surface area contributed by atoms with E-state index in [0.717, 1.165) is 12.0 Å². The minimum absolute atomic E-state index is 0.159. The van der Waals surface area contributed by atoms with Crippen LogP contribution in [0, 0.1) is 5.92 Å². The molecule has 5 nitrogen and oxygen atoms in total. The fourth-order valence-corrected chi connectivity index (χ4v) is 4.04.